The van der Waals surface area contributed by atoms with E-state index in [1.165, 1.54) is 0 Å². The van der Waals surface area contributed by atoms with Crippen LogP contribution in [0.1, 0.15) is 22.3 Å². The minimum atomic E-state index is -0.438. The van der Waals surface area contributed by atoms with Crippen LogP contribution in [0.2, 0.25) is 0 Å². The van der Waals surface area contributed by atoms with Crippen molar-refractivity contribution >= 4 is 24.6 Å². The van der Waals surface area contributed by atoms with Gasteiger partial charge in [0, 0.05) is 62.8 Å². The van der Waals surface area contributed by atoms with Gasteiger partial charge in [-0.25, -0.2) is 9.59 Å². The van der Waals surface area contributed by atoms with Gasteiger partial charge in [-0.1, -0.05) is 66.7 Å². The van der Waals surface area contributed by atoms with Crippen LogP contribution in [0.15, 0.2) is 88.8 Å². The van der Waals surface area contributed by atoms with Crippen LogP contribution in [0.3, 0.4) is 0 Å². The Morgan fingerprint density at radius 2 is 1.07 bits per heavy atom. The highest BCUT2D eigenvalue weighted by Crippen LogP contribution is 2.21. The number of ether oxygens (including phenoxy) is 3. The average molecular weight is 603 g/mol. The van der Waals surface area contributed by atoms with Crippen molar-refractivity contribution in [1.82, 2.24) is 21.3 Å². The highest BCUT2D eigenvalue weighted by molar-refractivity contribution is 5.92. The third kappa shape index (κ3) is 14.0. The fourth-order valence-corrected chi connectivity index (χ4v) is 3.93. The fourth-order valence-electron chi connectivity index (χ4n) is 3.93. The zero-order valence-electron chi connectivity index (χ0n) is 25.2. The number of amides is 2. The molecule has 3 aromatic carbocycles. The highest BCUT2D eigenvalue weighted by Gasteiger charge is 2.06. The molecule has 0 bridgehead atoms. The molecule has 0 saturated heterocycles. The number of benzene rings is 3. The van der Waals surface area contributed by atoms with Crippen molar-refractivity contribution in [2.24, 2.45) is 9.98 Å². The smallest absolute Gasteiger partial charge is 0.407 e. The van der Waals surface area contributed by atoms with Crippen LogP contribution in [0.5, 0.6) is 5.75 Å². The van der Waals surface area contributed by atoms with E-state index >= 15 is 0 Å². The van der Waals surface area contributed by atoms with Crippen LogP contribution < -0.4 is 26.0 Å². The standard InChI is InChI=1S/C33H42N6O5/c1-42-31-29(23-36-17-15-34-19-21-38-32(40)43-25-27-9-4-2-5-10-27)13-8-14-30(31)24-37-18-16-35-20-22-39-33(41)44-26-28-11-6-3-7-12-28/h2-14,23-24,34-35H,15-22,25-26H2,1H3,(H,38,40)(H,39,41). The van der Waals surface area contributed by atoms with Gasteiger partial charge in [-0.2, -0.15) is 0 Å². The molecule has 3 rings (SSSR count). The molecule has 0 unspecified atom stereocenters. The van der Waals surface area contributed by atoms with E-state index in [-0.39, 0.29) is 13.2 Å². The number of rotatable bonds is 19. The number of methoxy groups -OCH3 is 1. The number of hydrogen-bond donors (Lipinski definition) is 4. The summed E-state index contributed by atoms with van der Waals surface area (Å²) in [6.07, 6.45) is 2.70. The molecule has 44 heavy (non-hydrogen) atoms. The summed E-state index contributed by atoms with van der Waals surface area (Å²) >= 11 is 0. The van der Waals surface area contributed by atoms with Crippen LogP contribution in [-0.2, 0) is 22.7 Å². The number of carbonyl (C=O) groups is 2. The molecule has 0 aliphatic heterocycles. The summed E-state index contributed by atoms with van der Waals surface area (Å²) in [5.74, 6) is 0.706. The average Bonchev–Trinajstić information content (AvgIpc) is 3.06. The van der Waals surface area contributed by atoms with Crippen molar-refractivity contribution in [3.63, 3.8) is 0 Å². The second-order valence-corrected chi connectivity index (χ2v) is 9.52. The van der Waals surface area contributed by atoms with Crippen LogP contribution >= 0.6 is 0 Å². The van der Waals surface area contributed by atoms with E-state index in [1.807, 2.05) is 78.9 Å². The van der Waals surface area contributed by atoms with Crippen molar-refractivity contribution in [2.75, 3.05) is 59.5 Å². The lowest BCUT2D eigenvalue weighted by Crippen LogP contribution is -2.33. The lowest BCUT2D eigenvalue weighted by atomic mass is 10.1. The Kier molecular flexibility index (Phi) is 16.1. The number of nitrogens with one attached hydrogen (secondary N) is 4. The molecule has 0 radical (unpaired) electrons. The molecule has 0 atom stereocenters. The van der Waals surface area contributed by atoms with Gasteiger partial charge >= 0.3 is 12.2 Å². The highest BCUT2D eigenvalue weighted by atomic mass is 16.6. The third-order valence-electron chi connectivity index (χ3n) is 6.14. The minimum Gasteiger partial charge on any atom is -0.495 e. The molecule has 3 aromatic rings. The van der Waals surface area contributed by atoms with E-state index in [0.717, 1.165) is 22.3 Å². The van der Waals surface area contributed by atoms with E-state index < -0.39 is 12.2 Å². The Morgan fingerprint density at radius 3 is 1.50 bits per heavy atom. The van der Waals surface area contributed by atoms with Gasteiger partial charge in [0.15, 0.2) is 0 Å². The van der Waals surface area contributed by atoms with Gasteiger partial charge in [0.1, 0.15) is 19.0 Å². The zero-order chi connectivity index (χ0) is 31.1. The van der Waals surface area contributed by atoms with Gasteiger partial charge < -0.3 is 35.5 Å². The molecule has 4 N–H and O–H groups in total. The lowest BCUT2D eigenvalue weighted by Gasteiger charge is -2.09. The summed E-state index contributed by atoms with van der Waals surface area (Å²) in [5.41, 5.74) is 3.62. The molecule has 0 aromatic heterocycles. The Morgan fingerprint density at radius 1 is 0.614 bits per heavy atom. The van der Waals surface area contributed by atoms with Gasteiger partial charge in [-0.05, 0) is 23.3 Å². The van der Waals surface area contributed by atoms with E-state index in [0.29, 0.717) is 58.1 Å². The Bertz CT molecular complexity index is 1210. The number of para-hydroxylation sites is 1. The van der Waals surface area contributed by atoms with Crippen LogP contribution in [0.4, 0.5) is 9.59 Å². The van der Waals surface area contributed by atoms with Gasteiger partial charge in [-0.3, -0.25) is 9.98 Å². The van der Waals surface area contributed by atoms with Crippen LogP contribution in [-0.4, -0.2) is 84.1 Å². The summed E-state index contributed by atoms with van der Waals surface area (Å²) in [6, 6.07) is 24.9. The van der Waals surface area contributed by atoms with E-state index in [1.54, 1.807) is 19.5 Å². The van der Waals surface area contributed by atoms with Crippen molar-refractivity contribution in [3.8, 4) is 5.75 Å². The normalized spacial score (nSPS) is 11.0. The molecule has 0 aliphatic rings. The molecule has 0 fully saturated rings. The summed E-state index contributed by atoms with van der Waals surface area (Å²) < 4.78 is 16.0. The van der Waals surface area contributed by atoms with Crippen molar-refractivity contribution in [3.05, 3.63) is 101 Å². The molecular formula is C33H42N6O5. The molecule has 0 saturated carbocycles. The Labute approximate surface area is 259 Å². The maximum absolute atomic E-state index is 11.8. The number of carbonyl (C=O) groups excluding carboxylic acids is 2. The quantitative estimate of drug-likeness (QED) is 0.122. The van der Waals surface area contributed by atoms with Gasteiger partial charge in [-0.15, -0.1) is 0 Å². The summed E-state index contributed by atoms with van der Waals surface area (Å²) in [7, 11) is 1.63. The maximum Gasteiger partial charge on any atom is 0.407 e. The fraction of sp³-hybridized carbons (Fsp3) is 0.333. The predicted molar refractivity (Wildman–Crippen MR) is 173 cm³/mol. The zero-order valence-corrected chi connectivity index (χ0v) is 25.2. The summed E-state index contributed by atoms with van der Waals surface area (Å²) in [5, 5.41) is 11.9. The van der Waals surface area contributed by atoms with Gasteiger partial charge in [0.2, 0.25) is 0 Å². The third-order valence-corrected chi connectivity index (χ3v) is 6.14. The van der Waals surface area contributed by atoms with Gasteiger partial charge in [0.25, 0.3) is 0 Å². The largest absolute Gasteiger partial charge is 0.495 e. The second kappa shape index (κ2) is 21.0. The molecule has 0 spiro atoms. The Balaban J connectivity index is 1.24. The van der Waals surface area contributed by atoms with E-state index in [2.05, 4.69) is 31.3 Å². The molecule has 0 heterocycles. The number of aliphatic imine (C=N–C) groups is 2. The minimum absolute atomic E-state index is 0.248. The van der Waals surface area contributed by atoms with E-state index in [9.17, 15) is 9.59 Å². The van der Waals surface area contributed by atoms with Gasteiger partial charge in [0.05, 0.1) is 20.2 Å². The maximum atomic E-state index is 11.8. The van der Waals surface area contributed by atoms with Crippen LogP contribution in [0, 0.1) is 0 Å². The predicted octanol–water partition coefficient (Wildman–Crippen LogP) is 3.57. The topological polar surface area (TPSA) is 135 Å². The number of hydrogen-bond acceptors (Lipinski definition) is 9. The molecule has 234 valence electrons. The first-order valence-corrected chi connectivity index (χ1v) is 14.6. The molecular weight excluding hydrogens is 560 g/mol. The lowest BCUT2D eigenvalue weighted by molar-refractivity contribution is 0.139. The van der Waals surface area contributed by atoms with Crippen molar-refractivity contribution < 1.29 is 23.8 Å². The van der Waals surface area contributed by atoms with Crippen molar-refractivity contribution in [2.45, 2.75) is 13.2 Å². The van der Waals surface area contributed by atoms with Crippen molar-refractivity contribution in [1.29, 1.82) is 0 Å². The Hall–Kier alpha value is -4.74. The number of nitrogens with zero attached hydrogens (tertiary/aromatic N) is 2. The molecule has 0 aliphatic carbocycles. The molecule has 11 nitrogen and oxygen atoms in total. The first-order valence-electron chi connectivity index (χ1n) is 14.6. The second-order valence-electron chi connectivity index (χ2n) is 9.52. The summed E-state index contributed by atoms with van der Waals surface area (Å²) in [6.45, 7) is 5.11. The monoisotopic (exact) mass is 602 g/mol. The molecule has 11 heteroatoms. The SMILES string of the molecule is COc1c(C=NCCNCCNC(=O)OCc2ccccc2)cccc1C=NCCNCCNC(=O)OCc1ccccc1. The summed E-state index contributed by atoms with van der Waals surface area (Å²) in [4.78, 5) is 32.5. The van der Waals surface area contributed by atoms with Crippen LogP contribution in [0.25, 0.3) is 0 Å². The first-order chi connectivity index (χ1) is 21.7. The van der Waals surface area contributed by atoms with E-state index in [4.69, 9.17) is 14.2 Å². The number of alkyl carbamates (subject to hydrolysis) is 2. The molecule has 2 amide bonds. The first kappa shape index (κ1) is 33.8.